The van der Waals surface area contributed by atoms with Crippen molar-refractivity contribution in [2.45, 2.75) is 6.61 Å². The van der Waals surface area contributed by atoms with Crippen molar-refractivity contribution < 1.29 is 13.5 Å². The molecule has 1 heterocycles. The third kappa shape index (κ3) is 2.42. The number of benzene rings is 1. The zero-order valence-electron chi connectivity index (χ0n) is 9.04. The van der Waals surface area contributed by atoms with Crippen LogP contribution in [0.5, 0.6) is 0 Å². The van der Waals surface area contributed by atoms with Crippen molar-refractivity contribution in [1.29, 1.82) is 0 Å². The minimum atomic E-state index is -0.674. The molecular weight excluding hydrogens is 246 g/mol. The van der Waals surface area contributed by atoms with Crippen molar-refractivity contribution in [3.8, 4) is 5.69 Å². The molecular formula is C11H10F2N2OS. The SMILES string of the molecule is COCc1cc(=S)n(-c2ccc(F)cc2F)[nH]1. The Morgan fingerprint density at radius 2 is 2.12 bits per heavy atom. The van der Waals surface area contributed by atoms with E-state index in [1.54, 1.807) is 13.2 Å². The Labute approximate surface area is 102 Å². The standard InChI is InChI=1S/C11H10F2N2OS/c1-16-6-8-5-11(17)15(14-8)10-3-2-7(12)4-9(10)13/h2-5,14H,6H2,1H3. The normalized spacial score (nSPS) is 10.8. The Bertz CT molecular complexity index is 591. The van der Waals surface area contributed by atoms with E-state index >= 15 is 0 Å². The second kappa shape index (κ2) is 4.77. The molecule has 17 heavy (non-hydrogen) atoms. The lowest BCUT2D eigenvalue weighted by atomic mass is 10.3. The number of aromatic nitrogens is 2. The number of halogens is 2. The summed E-state index contributed by atoms with van der Waals surface area (Å²) in [7, 11) is 1.55. The van der Waals surface area contributed by atoms with Gasteiger partial charge in [-0.2, -0.15) is 0 Å². The zero-order chi connectivity index (χ0) is 12.4. The molecule has 1 N–H and O–H groups in total. The van der Waals surface area contributed by atoms with Crippen LogP contribution in [0.25, 0.3) is 5.69 Å². The van der Waals surface area contributed by atoms with Gasteiger partial charge >= 0.3 is 0 Å². The summed E-state index contributed by atoms with van der Waals surface area (Å²) in [4.78, 5) is 0. The number of ether oxygens (including phenoxy) is 1. The van der Waals surface area contributed by atoms with E-state index < -0.39 is 11.6 Å². The summed E-state index contributed by atoms with van der Waals surface area (Å²) in [5.74, 6) is -1.30. The highest BCUT2D eigenvalue weighted by molar-refractivity contribution is 7.71. The number of hydrogen-bond acceptors (Lipinski definition) is 2. The smallest absolute Gasteiger partial charge is 0.151 e. The van der Waals surface area contributed by atoms with Gasteiger partial charge in [-0.25, -0.2) is 13.5 Å². The molecule has 6 heteroatoms. The lowest BCUT2D eigenvalue weighted by Gasteiger charge is -2.04. The fourth-order valence-corrected chi connectivity index (χ4v) is 1.80. The number of aromatic amines is 1. The van der Waals surface area contributed by atoms with Crippen LogP contribution in [0.15, 0.2) is 24.3 Å². The molecule has 0 atom stereocenters. The van der Waals surface area contributed by atoms with Crippen LogP contribution in [-0.4, -0.2) is 16.9 Å². The van der Waals surface area contributed by atoms with Crippen molar-refractivity contribution in [2.24, 2.45) is 0 Å². The van der Waals surface area contributed by atoms with Gasteiger partial charge in [-0.15, -0.1) is 0 Å². The number of nitrogens with one attached hydrogen (secondary N) is 1. The predicted molar refractivity (Wildman–Crippen MR) is 61.6 cm³/mol. The van der Waals surface area contributed by atoms with Crippen LogP contribution in [0, 0.1) is 16.3 Å². The highest BCUT2D eigenvalue weighted by Crippen LogP contribution is 2.15. The average molecular weight is 256 g/mol. The summed E-state index contributed by atoms with van der Waals surface area (Å²) >= 11 is 5.08. The molecule has 0 bridgehead atoms. The molecule has 0 saturated heterocycles. The lowest BCUT2D eigenvalue weighted by molar-refractivity contribution is 0.181. The van der Waals surface area contributed by atoms with Crippen molar-refractivity contribution in [2.75, 3.05) is 7.11 Å². The van der Waals surface area contributed by atoms with E-state index in [-0.39, 0.29) is 5.69 Å². The maximum absolute atomic E-state index is 13.6. The molecule has 0 radical (unpaired) electrons. The molecule has 0 aliphatic carbocycles. The second-order valence-corrected chi connectivity index (χ2v) is 3.90. The Morgan fingerprint density at radius 3 is 2.76 bits per heavy atom. The Hall–Kier alpha value is -1.53. The number of methoxy groups -OCH3 is 1. The Balaban J connectivity index is 2.49. The highest BCUT2D eigenvalue weighted by atomic mass is 32.1. The van der Waals surface area contributed by atoms with Gasteiger partial charge in [0.05, 0.1) is 18.0 Å². The van der Waals surface area contributed by atoms with E-state index in [1.165, 1.54) is 16.8 Å². The largest absolute Gasteiger partial charge is 0.378 e. The molecule has 3 nitrogen and oxygen atoms in total. The van der Waals surface area contributed by atoms with E-state index in [2.05, 4.69) is 5.10 Å². The third-order valence-electron chi connectivity index (χ3n) is 2.22. The monoisotopic (exact) mass is 256 g/mol. The molecule has 1 aromatic carbocycles. The summed E-state index contributed by atoms with van der Waals surface area (Å²) in [5.41, 5.74) is 0.903. The van der Waals surface area contributed by atoms with E-state index in [0.717, 1.165) is 11.8 Å². The van der Waals surface area contributed by atoms with Gasteiger partial charge in [-0.1, -0.05) is 12.2 Å². The first-order valence-electron chi connectivity index (χ1n) is 4.87. The molecule has 0 saturated carbocycles. The summed E-state index contributed by atoms with van der Waals surface area (Å²) in [6.45, 7) is 0.347. The minimum absolute atomic E-state index is 0.179. The van der Waals surface area contributed by atoms with Crippen molar-refractivity contribution in [3.05, 3.63) is 46.2 Å². The van der Waals surface area contributed by atoms with Gasteiger partial charge in [-0.05, 0) is 18.2 Å². The number of nitrogens with zero attached hydrogens (tertiary/aromatic N) is 1. The van der Waals surface area contributed by atoms with E-state index in [9.17, 15) is 8.78 Å². The third-order valence-corrected chi connectivity index (χ3v) is 2.52. The van der Waals surface area contributed by atoms with Crippen LogP contribution >= 0.6 is 12.2 Å². The average Bonchev–Trinajstić information content (AvgIpc) is 2.60. The van der Waals surface area contributed by atoms with Crippen LogP contribution in [0.4, 0.5) is 8.78 Å². The van der Waals surface area contributed by atoms with E-state index in [1.807, 2.05) is 0 Å². The van der Waals surface area contributed by atoms with Gasteiger partial charge in [0.2, 0.25) is 0 Å². The van der Waals surface area contributed by atoms with Gasteiger partial charge in [0, 0.05) is 13.2 Å². The molecule has 0 aliphatic rings. The second-order valence-electron chi connectivity index (χ2n) is 3.48. The fourth-order valence-electron chi connectivity index (χ4n) is 1.52. The van der Waals surface area contributed by atoms with Crippen LogP contribution < -0.4 is 0 Å². The van der Waals surface area contributed by atoms with Gasteiger partial charge in [0.15, 0.2) is 5.82 Å². The topological polar surface area (TPSA) is 29.9 Å². The number of hydrogen-bond donors (Lipinski definition) is 1. The van der Waals surface area contributed by atoms with Crippen molar-refractivity contribution in [3.63, 3.8) is 0 Å². The summed E-state index contributed by atoms with van der Waals surface area (Å²) in [6.07, 6.45) is 0. The summed E-state index contributed by atoms with van der Waals surface area (Å²) in [6, 6.07) is 4.99. The van der Waals surface area contributed by atoms with Gasteiger partial charge in [-0.3, -0.25) is 5.10 Å². The fraction of sp³-hybridized carbons (Fsp3) is 0.182. The van der Waals surface area contributed by atoms with Crippen LogP contribution in [0.3, 0.4) is 0 Å². The first-order valence-corrected chi connectivity index (χ1v) is 5.28. The molecule has 2 aromatic rings. The van der Waals surface area contributed by atoms with Crippen molar-refractivity contribution in [1.82, 2.24) is 9.78 Å². The van der Waals surface area contributed by atoms with Gasteiger partial charge in [0.1, 0.15) is 10.5 Å². The first kappa shape index (κ1) is 11.9. The van der Waals surface area contributed by atoms with E-state index in [0.29, 0.717) is 11.2 Å². The van der Waals surface area contributed by atoms with Gasteiger partial charge < -0.3 is 4.74 Å². The lowest BCUT2D eigenvalue weighted by Crippen LogP contribution is -2.01. The molecule has 0 unspecified atom stereocenters. The summed E-state index contributed by atoms with van der Waals surface area (Å²) < 4.78 is 33.1. The van der Waals surface area contributed by atoms with Crippen molar-refractivity contribution >= 4 is 12.2 Å². The quantitative estimate of drug-likeness (QED) is 0.856. The maximum atomic E-state index is 13.6. The Morgan fingerprint density at radius 1 is 1.35 bits per heavy atom. The molecule has 0 fully saturated rings. The van der Waals surface area contributed by atoms with Gasteiger partial charge in [0.25, 0.3) is 0 Å². The number of rotatable bonds is 3. The molecule has 0 amide bonds. The van der Waals surface area contributed by atoms with Crippen LogP contribution in [0.2, 0.25) is 0 Å². The van der Waals surface area contributed by atoms with E-state index in [4.69, 9.17) is 17.0 Å². The minimum Gasteiger partial charge on any atom is -0.378 e. The molecule has 2 rings (SSSR count). The maximum Gasteiger partial charge on any atom is 0.151 e. The van der Waals surface area contributed by atoms with Crippen LogP contribution in [-0.2, 0) is 11.3 Å². The first-order chi connectivity index (χ1) is 8.11. The molecule has 90 valence electrons. The Kier molecular flexibility index (Phi) is 3.35. The highest BCUT2D eigenvalue weighted by Gasteiger charge is 2.08. The molecule has 1 aromatic heterocycles. The molecule has 0 spiro atoms. The zero-order valence-corrected chi connectivity index (χ0v) is 9.85. The van der Waals surface area contributed by atoms with Crippen LogP contribution in [0.1, 0.15) is 5.69 Å². The molecule has 0 aliphatic heterocycles. The predicted octanol–water partition coefficient (Wildman–Crippen LogP) is 2.96. The number of H-pyrrole nitrogens is 1. The summed E-state index contributed by atoms with van der Waals surface area (Å²) in [5, 5.41) is 2.88.